The van der Waals surface area contributed by atoms with Crippen LogP contribution >= 0.6 is 11.6 Å². The molecule has 0 spiro atoms. The first-order valence-corrected chi connectivity index (χ1v) is 5.33. The molecule has 1 unspecified atom stereocenters. The highest BCUT2D eigenvalue weighted by Crippen LogP contribution is 2.18. The zero-order valence-electron chi connectivity index (χ0n) is 8.89. The number of aryl methyl sites for hydroxylation is 1. The lowest BCUT2D eigenvalue weighted by atomic mass is 10.1. The van der Waals surface area contributed by atoms with Crippen LogP contribution in [0.15, 0.2) is 36.8 Å². The van der Waals surface area contributed by atoms with Gasteiger partial charge in [0.15, 0.2) is 0 Å². The van der Waals surface area contributed by atoms with Gasteiger partial charge in [-0.2, -0.15) is 0 Å². The van der Waals surface area contributed by atoms with E-state index >= 15 is 0 Å². The molecule has 0 saturated heterocycles. The SMILES string of the molecule is Cc1cncc(C(N)c2ccc(Cl)cn2)c1. The van der Waals surface area contributed by atoms with E-state index in [-0.39, 0.29) is 6.04 Å². The van der Waals surface area contributed by atoms with Crippen molar-refractivity contribution in [1.82, 2.24) is 9.97 Å². The third kappa shape index (κ3) is 2.38. The average Bonchev–Trinajstić information content (AvgIpc) is 2.29. The standard InChI is InChI=1S/C12H12ClN3/c1-8-4-9(6-15-5-8)12(14)11-3-2-10(13)7-16-11/h2-7,12H,14H2,1H3. The Morgan fingerprint density at radius 1 is 1.25 bits per heavy atom. The summed E-state index contributed by atoms with van der Waals surface area (Å²) >= 11 is 5.77. The molecule has 82 valence electrons. The molecule has 2 aromatic rings. The smallest absolute Gasteiger partial charge is 0.0741 e. The molecule has 0 aliphatic heterocycles. The maximum Gasteiger partial charge on any atom is 0.0741 e. The van der Waals surface area contributed by atoms with Gasteiger partial charge in [0.1, 0.15) is 0 Å². The molecule has 16 heavy (non-hydrogen) atoms. The molecule has 2 N–H and O–H groups in total. The summed E-state index contributed by atoms with van der Waals surface area (Å²) in [5, 5.41) is 0.610. The van der Waals surface area contributed by atoms with Crippen LogP contribution in [0.25, 0.3) is 0 Å². The largest absolute Gasteiger partial charge is 0.319 e. The second-order valence-electron chi connectivity index (χ2n) is 3.67. The number of hydrogen-bond donors (Lipinski definition) is 1. The summed E-state index contributed by atoms with van der Waals surface area (Å²) in [5.41, 5.74) is 8.92. The third-order valence-corrected chi connectivity index (χ3v) is 2.55. The Morgan fingerprint density at radius 3 is 2.69 bits per heavy atom. The van der Waals surface area contributed by atoms with Gasteiger partial charge >= 0.3 is 0 Å². The lowest BCUT2D eigenvalue weighted by Crippen LogP contribution is -2.13. The molecule has 0 saturated carbocycles. The van der Waals surface area contributed by atoms with Crippen LogP contribution in [-0.2, 0) is 0 Å². The van der Waals surface area contributed by atoms with E-state index in [0.717, 1.165) is 16.8 Å². The summed E-state index contributed by atoms with van der Waals surface area (Å²) < 4.78 is 0. The van der Waals surface area contributed by atoms with Crippen molar-refractivity contribution in [3.05, 3.63) is 58.6 Å². The molecule has 0 radical (unpaired) electrons. The summed E-state index contributed by atoms with van der Waals surface area (Å²) in [6, 6.07) is 5.36. The quantitative estimate of drug-likeness (QED) is 0.867. The topological polar surface area (TPSA) is 51.8 Å². The second kappa shape index (κ2) is 4.60. The van der Waals surface area contributed by atoms with Crippen molar-refractivity contribution in [3.63, 3.8) is 0 Å². The molecule has 0 bridgehead atoms. The zero-order chi connectivity index (χ0) is 11.5. The lowest BCUT2D eigenvalue weighted by molar-refractivity contribution is 0.821. The van der Waals surface area contributed by atoms with Crippen molar-refractivity contribution in [3.8, 4) is 0 Å². The minimum Gasteiger partial charge on any atom is -0.319 e. The number of nitrogens with two attached hydrogens (primary N) is 1. The molecule has 3 nitrogen and oxygen atoms in total. The van der Waals surface area contributed by atoms with Gasteiger partial charge in [-0.3, -0.25) is 9.97 Å². The lowest BCUT2D eigenvalue weighted by Gasteiger charge is -2.11. The van der Waals surface area contributed by atoms with E-state index in [1.54, 1.807) is 24.7 Å². The van der Waals surface area contributed by atoms with E-state index in [9.17, 15) is 0 Å². The van der Waals surface area contributed by atoms with Crippen LogP contribution in [-0.4, -0.2) is 9.97 Å². The fourth-order valence-electron chi connectivity index (χ4n) is 1.49. The summed E-state index contributed by atoms with van der Waals surface area (Å²) in [7, 11) is 0. The summed E-state index contributed by atoms with van der Waals surface area (Å²) in [6.45, 7) is 1.98. The molecule has 0 fully saturated rings. The summed E-state index contributed by atoms with van der Waals surface area (Å²) in [6.07, 6.45) is 5.15. The molecule has 0 amide bonds. The molecule has 2 heterocycles. The van der Waals surface area contributed by atoms with E-state index in [4.69, 9.17) is 17.3 Å². The monoisotopic (exact) mass is 233 g/mol. The molecular weight excluding hydrogens is 222 g/mol. The van der Waals surface area contributed by atoms with Gasteiger partial charge in [-0.25, -0.2) is 0 Å². The van der Waals surface area contributed by atoms with Crippen LogP contribution < -0.4 is 5.73 Å². The van der Waals surface area contributed by atoms with Gasteiger partial charge < -0.3 is 5.73 Å². The Balaban J connectivity index is 2.31. The molecule has 0 aliphatic carbocycles. The van der Waals surface area contributed by atoms with Gasteiger partial charge in [0.05, 0.1) is 16.8 Å². The van der Waals surface area contributed by atoms with Crippen LogP contribution in [0.5, 0.6) is 0 Å². The van der Waals surface area contributed by atoms with E-state index in [1.165, 1.54) is 0 Å². The molecular formula is C12H12ClN3. The second-order valence-corrected chi connectivity index (χ2v) is 4.11. The number of halogens is 1. The fourth-order valence-corrected chi connectivity index (χ4v) is 1.60. The van der Waals surface area contributed by atoms with Crippen LogP contribution in [0.4, 0.5) is 0 Å². The first-order chi connectivity index (χ1) is 7.66. The molecule has 1 atom stereocenters. The van der Waals surface area contributed by atoms with Crippen molar-refractivity contribution in [1.29, 1.82) is 0 Å². The Morgan fingerprint density at radius 2 is 2.06 bits per heavy atom. The molecule has 2 aromatic heterocycles. The first kappa shape index (κ1) is 11.0. The Bertz CT molecular complexity index is 482. The molecule has 0 aromatic carbocycles. The zero-order valence-corrected chi connectivity index (χ0v) is 9.65. The van der Waals surface area contributed by atoms with Gasteiger partial charge in [-0.1, -0.05) is 17.7 Å². The van der Waals surface area contributed by atoms with E-state index in [0.29, 0.717) is 5.02 Å². The van der Waals surface area contributed by atoms with Crippen molar-refractivity contribution < 1.29 is 0 Å². The van der Waals surface area contributed by atoms with Gasteiger partial charge in [-0.15, -0.1) is 0 Å². The molecule has 4 heteroatoms. The average molecular weight is 234 g/mol. The first-order valence-electron chi connectivity index (χ1n) is 4.95. The summed E-state index contributed by atoms with van der Waals surface area (Å²) in [4.78, 5) is 8.31. The van der Waals surface area contributed by atoms with Crippen LogP contribution in [0.3, 0.4) is 0 Å². The fraction of sp³-hybridized carbons (Fsp3) is 0.167. The normalized spacial score (nSPS) is 12.4. The number of hydrogen-bond acceptors (Lipinski definition) is 3. The van der Waals surface area contributed by atoms with E-state index in [1.807, 2.05) is 19.1 Å². The molecule has 2 rings (SSSR count). The number of aromatic nitrogens is 2. The predicted octanol–water partition coefficient (Wildman–Crippen LogP) is 2.49. The Kier molecular flexibility index (Phi) is 3.17. The van der Waals surface area contributed by atoms with Crippen LogP contribution in [0.1, 0.15) is 22.9 Å². The molecule has 0 aliphatic rings. The maximum atomic E-state index is 6.09. The van der Waals surface area contributed by atoms with E-state index in [2.05, 4.69) is 9.97 Å². The minimum absolute atomic E-state index is 0.260. The highest BCUT2D eigenvalue weighted by atomic mass is 35.5. The van der Waals surface area contributed by atoms with Crippen molar-refractivity contribution in [2.45, 2.75) is 13.0 Å². The number of rotatable bonds is 2. The number of pyridine rings is 2. The predicted molar refractivity (Wildman–Crippen MR) is 64.3 cm³/mol. The van der Waals surface area contributed by atoms with Gasteiger partial charge in [0, 0.05) is 18.6 Å². The van der Waals surface area contributed by atoms with Crippen molar-refractivity contribution in [2.75, 3.05) is 0 Å². The van der Waals surface area contributed by atoms with Crippen molar-refractivity contribution >= 4 is 11.6 Å². The maximum absolute atomic E-state index is 6.09. The van der Waals surface area contributed by atoms with Crippen LogP contribution in [0.2, 0.25) is 5.02 Å². The van der Waals surface area contributed by atoms with E-state index < -0.39 is 0 Å². The van der Waals surface area contributed by atoms with Gasteiger partial charge in [0.25, 0.3) is 0 Å². The minimum atomic E-state index is -0.260. The highest BCUT2D eigenvalue weighted by molar-refractivity contribution is 6.30. The van der Waals surface area contributed by atoms with Gasteiger partial charge in [0.2, 0.25) is 0 Å². The van der Waals surface area contributed by atoms with Crippen molar-refractivity contribution in [2.24, 2.45) is 5.73 Å². The number of nitrogens with zero attached hydrogens (tertiary/aromatic N) is 2. The summed E-state index contributed by atoms with van der Waals surface area (Å²) in [5.74, 6) is 0. The highest BCUT2D eigenvalue weighted by Gasteiger charge is 2.10. The van der Waals surface area contributed by atoms with Gasteiger partial charge in [-0.05, 0) is 30.2 Å². The third-order valence-electron chi connectivity index (χ3n) is 2.32. The Labute approximate surface area is 99.3 Å². The Hall–Kier alpha value is -1.45. The van der Waals surface area contributed by atoms with Crippen LogP contribution in [0, 0.1) is 6.92 Å².